The summed E-state index contributed by atoms with van der Waals surface area (Å²) >= 11 is 0. The van der Waals surface area contributed by atoms with Gasteiger partial charge in [-0.15, -0.1) is 0 Å². The number of aliphatic hydroxyl groups excluding tert-OH is 1. The zero-order chi connectivity index (χ0) is 13.8. The summed E-state index contributed by atoms with van der Waals surface area (Å²) in [5.41, 5.74) is 3.41. The van der Waals surface area contributed by atoms with Crippen molar-refractivity contribution >= 4 is 0 Å². The molecule has 0 amide bonds. The van der Waals surface area contributed by atoms with E-state index in [4.69, 9.17) is 5.26 Å². The van der Waals surface area contributed by atoms with E-state index >= 15 is 0 Å². The first-order valence-electron chi connectivity index (χ1n) is 6.40. The van der Waals surface area contributed by atoms with Gasteiger partial charge in [0.15, 0.2) is 0 Å². The molecule has 2 nitrogen and oxygen atoms in total. The molecular weight excluding hydrogens is 234 g/mol. The normalized spacial score (nSPS) is 12.2. The summed E-state index contributed by atoms with van der Waals surface area (Å²) in [5, 5.41) is 19.2. The van der Waals surface area contributed by atoms with Gasteiger partial charge in [-0.05, 0) is 34.7 Å². The Morgan fingerprint density at radius 1 is 0.947 bits per heavy atom. The summed E-state index contributed by atoms with van der Waals surface area (Å²) in [6.07, 6.45) is -0.686. The molecule has 0 saturated carbocycles. The molecule has 0 heterocycles. The summed E-state index contributed by atoms with van der Waals surface area (Å²) < 4.78 is 0. The molecule has 0 aliphatic rings. The van der Waals surface area contributed by atoms with Crippen LogP contribution in [0.1, 0.15) is 48.1 Å². The number of hydrogen-bond donors (Lipinski definition) is 1. The Morgan fingerprint density at radius 3 is 2.16 bits per heavy atom. The van der Waals surface area contributed by atoms with Gasteiger partial charge in [-0.2, -0.15) is 5.26 Å². The lowest BCUT2D eigenvalue weighted by Gasteiger charge is -2.13. The van der Waals surface area contributed by atoms with Crippen molar-refractivity contribution in [3.05, 3.63) is 70.8 Å². The summed E-state index contributed by atoms with van der Waals surface area (Å²) in [5.74, 6) is 0.480. The van der Waals surface area contributed by atoms with Gasteiger partial charge in [-0.25, -0.2) is 0 Å². The highest BCUT2D eigenvalue weighted by Gasteiger charge is 2.11. The number of nitriles is 1. The topological polar surface area (TPSA) is 44.0 Å². The molecule has 0 aliphatic heterocycles. The van der Waals surface area contributed by atoms with Crippen LogP contribution < -0.4 is 0 Å². The van der Waals surface area contributed by atoms with Crippen molar-refractivity contribution in [1.82, 2.24) is 0 Å². The molecule has 0 bridgehead atoms. The lowest BCUT2D eigenvalue weighted by atomic mass is 9.96. The van der Waals surface area contributed by atoms with Gasteiger partial charge in [0.1, 0.15) is 6.10 Å². The van der Waals surface area contributed by atoms with Crippen LogP contribution in [0.2, 0.25) is 0 Å². The van der Waals surface area contributed by atoms with Gasteiger partial charge >= 0.3 is 0 Å². The molecule has 0 aliphatic carbocycles. The molecule has 0 radical (unpaired) electrons. The Hall–Kier alpha value is -2.11. The molecule has 0 saturated heterocycles. The number of hydrogen-bond acceptors (Lipinski definition) is 2. The second-order valence-electron chi connectivity index (χ2n) is 4.96. The fraction of sp³-hybridized carbons (Fsp3) is 0.235. The van der Waals surface area contributed by atoms with E-state index in [2.05, 4.69) is 19.9 Å². The van der Waals surface area contributed by atoms with Crippen molar-refractivity contribution in [1.29, 1.82) is 5.26 Å². The van der Waals surface area contributed by atoms with Crippen LogP contribution in [0.5, 0.6) is 0 Å². The first-order valence-corrected chi connectivity index (χ1v) is 6.40. The second kappa shape index (κ2) is 5.69. The number of benzene rings is 2. The van der Waals surface area contributed by atoms with Gasteiger partial charge < -0.3 is 5.11 Å². The maximum atomic E-state index is 10.3. The van der Waals surface area contributed by atoms with E-state index in [1.54, 1.807) is 18.2 Å². The highest BCUT2D eigenvalue weighted by atomic mass is 16.3. The Morgan fingerprint density at radius 2 is 1.58 bits per heavy atom. The van der Waals surface area contributed by atoms with Crippen molar-refractivity contribution in [2.75, 3.05) is 0 Å². The average Bonchev–Trinajstić information content (AvgIpc) is 2.46. The molecule has 0 aromatic heterocycles. The van der Waals surface area contributed by atoms with E-state index in [1.165, 1.54) is 5.56 Å². The van der Waals surface area contributed by atoms with Gasteiger partial charge in [0.2, 0.25) is 0 Å². The van der Waals surface area contributed by atoms with Crippen LogP contribution in [-0.4, -0.2) is 5.11 Å². The fourth-order valence-corrected chi connectivity index (χ4v) is 2.03. The summed E-state index contributed by atoms with van der Waals surface area (Å²) in [6, 6.07) is 17.1. The molecule has 1 unspecified atom stereocenters. The third-order valence-corrected chi connectivity index (χ3v) is 3.25. The Balaban J connectivity index is 2.28. The van der Waals surface area contributed by atoms with Crippen molar-refractivity contribution in [3.8, 4) is 6.07 Å². The Kier molecular flexibility index (Phi) is 3.99. The van der Waals surface area contributed by atoms with E-state index in [9.17, 15) is 5.11 Å². The smallest absolute Gasteiger partial charge is 0.104 e. The van der Waals surface area contributed by atoms with Crippen molar-refractivity contribution < 1.29 is 5.11 Å². The SMILES string of the molecule is CC(C)c1ccc(C(O)c2cccc(C#N)c2)cc1. The zero-order valence-corrected chi connectivity index (χ0v) is 11.2. The highest BCUT2D eigenvalue weighted by molar-refractivity contribution is 5.38. The quantitative estimate of drug-likeness (QED) is 0.902. The number of rotatable bonds is 3. The zero-order valence-electron chi connectivity index (χ0n) is 11.2. The van der Waals surface area contributed by atoms with Gasteiger partial charge in [-0.3, -0.25) is 0 Å². The van der Waals surface area contributed by atoms with E-state index in [0.717, 1.165) is 11.1 Å². The molecule has 0 fully saturated rings. The van der Waals surface area contributed by atoms with Crippen molar-refractivity contribution in [2.45, 2.75) is 25.9 Å². The lowest BCUT2D eigenvalue weighted by molar-refractivity contribution is 0.220. The standard InChI is InChI=1S/C17H17NO/c1-12(2)14-6-8-15(9-7-14)17(19)16-5-3-4-13(10-16)11-18/h3-10,12,17,19H,1-2H3. The van der Waals surface area contributed by atoms with Gasteiger partial charge in [0.25, 0.3) is 0 Å². The predicted molar refractivity (Wildman–Crippen MR) is 75.7 cm³/mol. The third-order valence-electron chi connectivity index (χ3n) is 3.25. The second-order valence-corrected chi connectivity index (χ2v) is 4.96. The molecule has 96 valence electrons. The van der Waals surface area contributed by atoms with Crippen LogP contribution in [0.4, 0.5) is 0 Å². The molecule has 2 aromatic carbocycles. The van der Waals surface area contributed by atoms with Crippen molar-refractivity contribution in [2.24, 2.45) is 0 Å². The monoisotopic (exact) mass is 251 g/mol. The van der Waals surface area contributed by atoms with Gasteiger partial charge in [0.05, 0.1) is 11.6 Å². The summed E-state index contributed by atoms with van der Waals surface area (Å²) in [4.78, 5) is 0. The van der Waals surface area contributed by atoms with Crippen LogP contribution in [0.3, 0.4) is 0 Å². The summed E-state index contributed by atoms with van der Waals surface area (Å²) in [7, 11) is 0. The fourth-order valence-electron chi connectivity index (χ4n) is 2.03. The Bertz CT molecular complexity index is 593. The molecule has 0 spiro atoms. The molecule has 2 heteroatoms. The molecule has 1 atom stereocenters. The predicted octanol–water partition coefficient (Wildman–Crippen LogP) is 3.76. The lowest BCUT2D eigenvalue weighted by Crippen LogP contribution is -2.00. The minimum atomic E-state index is -0.686. The minimum absolute atomic E-state index is 0.480. The van der Waals surface area contributed by atoms with E-state index < -0.39 is 6.10 Å². The molecule has 1 N–H and O–H groups in total. The molecular formula is C17H17NO. The van der Waals surface area contributed by atoms with Crippen LogP contribution in [0.15, 0.2) is 48.5 Å². The largest absolute Gasteiger partial charge is 0.384 e. The van der Waals surface area contributed by atoms with Crippen LogP contribution in [-0.2, 0) is 0 Å². The van der Waals surface area contributed by atoms with Crippen LogP contribution in [0, 0.1) is 11.3 Å². The molecule has 2 rings (SSSR count). The van der Waals surface area contributed by atoms with Crippen LogP contribution in [0.25, 0.3) is 0 Å². The van der Waals surface area contributed by atoms with E-state index in [1.807, 2.05) is 30.3 Å². The minimum Gasteiger partial charge on any atom is -0.384 e. The molecule has 2 aromatic rings. The molecule has 19 heavy (non-hydrogen) atoms. The number of nitrogens with zero attached hydrogens (tertiary/aromatic N) is 1. The summed E-state index contributed by atoms with van der Waals surface area (Å²) in [6.45, 7) is 4.28. The highest BCUT2D eigenvalue weighted by Crippen LogP contribution is 2.24. The van der Waals surface area contributed by atoms with Crippen molar-refractivity contribution in [3.63, 3.8) is 0 Å². The van der Waals surface area contributed by atoms with Gasteiger partial charge in [-0.1, -0.05) is 50.2 Å². The maximum Gasteiger partial charge on any atom is 0.104 e. The third kappa shape index (κ3) is 3.01. The maximum absolute atomic E-state index is 10.3. The average molecular weight is 251 g/mol. The first-order chi connectivity index (χ1) is 9.11. The van der Waals surface area contributed by atoms with Crippen LogP contribution >= 0.6 is 0 Å². The van der Waals surface area contributed by atoms with E-state index in [0.29, 0.717) is 11.5 Å². The van der Waals surface area contributed by atoms with E-state index in [-0.39, 0.29) is 0 Å². The van der Waals surface area contributed by atoms with Gasteiger partial charge in [0, 0.05) is 0 Å². The number of aliphatic hydroxyl groups is 1. The first kappa shape index (κ1) is 13.3. The Labute approximate surface area is 114 Å².